The first-order valence-electron chi connectivity index (χ1n) is 6.78. The summed E-state index contributed by atoms with van der Waals surface area (Å²) < 4.78 is 5.58. The number of carbonyl (C=O) groups excluding carboxylic acids is 1. The van der Waals surface area contributed by atoms with Gasteiger partial charge in [0.1, 0.15) is 5.69 Å². The number of aromatic nitrogens is 1. The van der Waals surface area contributed by atoms with E-state index in [4.69, 9.17) is 4.74 Å². The topological polar surface area (TPSA) is 42.4 Å². The van der Waals surface area contributed by atoms with Gasteiger partial charge in [0.2, 0.25) is 0 Å². The summed E-state index contributed by atoms with van der Waals surface area (Å²) in [5.41, 5.74) is 2.34. The van der Waals surface area contributed by atoms with Crippen molar-refractivity contribution in [3.8, 4) is 0 Å². The Morgan fingerprint density at radius 3 is 2.74 bits per heavy atom. The second kappa shape index (κ2) is 5.59. The second-order valence-corrected chi connectivity index (χ2v) is 5.92. The number of hydrogen-bond acceptors (Lipinski definition) is 4. The number of nitrogens with zero attached hydrogens (tertiary/aromatic N) is 2. The predicted molar refractivity (Wildman–Crippen MR) is 76.4 cm³/mol. The minimum Gasteiger partial charge on any atom is -0.381 e. The Labute approximate surface area is 118 Å². The third kappa shape index (κ3) is 2.19. The summed E-state index contributed by atoms with van der Waals surface area (Å²) in [6, 6.07) is 0.252. The van der Waals surface area contributed by atoms with Crippen molar-refractivity contribution in [2.45, 2.75) is 45.3 Å². The molecule has 1 aliphatic rings. The SMILES string of the molecule is CCC1(CC)[C@H](OC)C[C@H]1N(C)C(=O)c1cscn1. The minimum absolute atomic E-state index is 0.0204. The van der Waals surface area contributed by atoms with Crippen LogP contribution in [0.5, 0.6) is 0 Å². The molecule has 0 radical (unpaired) electrons. The minimum atomic E-state index is 0.0204. The van der Waals surface area contributed by atoms with Crippen LogP contribution in [0.1, 0.15) is 43.6 Å². The van der Waals surface area contributed by atoms with E-state index in [0.29, 0.717) is 5.69 Å². The lowest BCUT2D eigenvalue weighted by Crippen LogP contribution is -2.64. The molecule has 1 fully saturated rings. The first-order valence-corrected chi connectivity index (χ1v) is 7.73. The fourth-order valence-corrected chi connectivity index (χ4v) is 3.94. The van der Waals surface area contributed by atoms with Gasteiger partial charge in [0, 0.05) is 31.0 Å². The Morgan fingerprint density at radius 2 is 2.26 bits per heavy atom. The lowest BCUT2D eigenvalue weighted by Gasteiger charge is -2.57. The van der Waals surface area contributed by atoms with Gasteiger partial charge in [0.15, 0.2) is 0 Å². The highest BCUT2D eigenvalue weighted by Gasteiger charge is 2.55. The molecule has 1 aromatic heterocycles. The van der Waals surface area contributed by atoms with Crippen molar-refractivity contribution in [1.29, 1.82) is 0 Å². The number of rotatable bonds is 5. The van der Waals surface area contributed by atoms with Gasteiger partial charge in [-0.05, 0) is 19.3 Å². The molecule has 0 aromatic carbocycles. The van der Waals surface area contributed by atoms with E-state index in [9.17, 15) is 4.79 Å². The van der Waals surface area contributed by atoms with Gasteiger partial charge in [-0.15, -0.1) is 11.3 Å². The lowest BCUT2D eigenvalue weighted by atomic mass is 9.58. The second-order valence-electron chi connectivity index (χ2n) is 5.21. The summed E-state index contributed by atoms with van der Waals surface area (Å²) in [5.74, 6) is 0.0204. The van der Waals surface area contributed by atoms with Gasteiger partial charge in [-0.3, -0.25) is 4.79 Å². The molecule has 0 saturated heterocycles. The Morgan fingerprint density at radius 1 is 1.58 bits per heavy atom. The fourth-order valence-electron chi connectivity index (χ4n) is 3.42. The van der Waals surface area contributed by atoms with Crippen molar-refractivity contribution in [1.82, 2.24) is 9.88 Å². The van der Waals surface area contributed by atoms with E-state index < -0.39 is 0 Å². The zero-order valence-electron chi connectivity index (χ0n) is 12.0. The van der Waals surface area contributed by atoms with Crippen molar-refractivity contribution >= 4 is 17.2 Å². The molecule has 0 N–H and O–H groups in total. The van der Waals surface area contributed by atoms with E-state index in [2.05, 4.69) is 18.8 Å². The lowest BCUT2D eigenvalue weighted by molar-refractivity contribution is -0.147. The fraction of sp³-hybridized carbons (Fsp3) is 0.714. The number of carbonyl (C=O) groups is 1. The van der Waals surface area contributed by atoms with E-state index in [1.807, 2.05) is 17.3 Å². The van der Waals surface area contributed by atoms with Gasteiger partial charge in [-0.1, -0.05) is 13.8 Å². The number of ether oxygens (including phenoxy) is 1. The predicted octanol–water partition coefficient (Wildman–Crippen LogP) is 2.81. The van der Waals surface area contributed by atoms with E-state index in [1.165, 1.54) is 11.3 Å². The molecule has 2 atom stereocenters. The van der Waals surface area contributed by atoms with Crippen LogP contribution in [-0.4, -0.2) is 42.1 Å². The van der Waals surface area contributed by atoms with Gasteiger partial charge in [0.05, 0.1) is 11.6 Å². The van der Waals surface area contributed by atoms with Crippen molar-refractivity contribution < 1.29 is 9.53 Å². The van der Waals surface area contributed by atoms with Crippen molar-refractivity contribution in [2.24, 2.45) is 5.41 Å². The van der Waals surface area contributed by atoms with Crippen molar-refractivity contribution in [2.75, 3.05) is 14.2 Å². The number of amides is 1. The largest absolute Gasteiger partial charge is 0.381 e. The van der Waals surface area contributed by atoms with E-state index in [0.717, 1.165) is 19.3 Å². The first-order chi connectivity index (χ1) is 9.10. The average Bonchev–Trinajstić information content (AvgIpc) is 2.92. The summed E-state index contributed by atoms with van der Waals surface area (Å²) in [5, 5.41) is 1.81. The molecule has 1 aliphatic carbocycles. The molecule has 0 unspecified atom stereocenters. The summed E-state index contributed by atoms with van der Waals surface area (Å²) in [6.07, 6.45) is 3.24. The zero-order valence-corrected chi connectivity index (χ0v) is 12.9. The molecule has 1 heterocycles. The third-order valence-corrected chi connectivity index (χ3v) is 5.37. The van der Waals surface area contributed by atoms with E-state index >= 15 is 0 Å². The van der Waals surface area contributed by atoms with Crippen LogP contribution in [0, 0.1) is 5.41 Å². The van der Waals surface area contributed by atoms with E-state index in [-0.39, 0.29) is 23.5 Å². The monoisotopic (exact) mass is 282 g/mol. The Bertz CT molecular complexity index is 429. The molecule has 0 spiro atoms. The summed E-state index contributed by atoms with van der Waals surface area (Å²) >= 11 is 1.46. The van der Waals surface area contributed by atoms with Crippen LogP contribution < -0.4 is 0 Å². The molecule has 106 valence electrons. The van der Waals surface area contributed by atoms with Crippen LogP contribution in [0.3, 0.4) is 0 Å². The summed E-state index contributed by atoms with van der Waals surface area (Å²) in [7, 11) is 3.65. The zero-order chi connectivity index (χ0) is 14.0. The highest BCUT2D eigenvalue weighted by Crippen LogP contribution is 2.51. The van der Waals surface area contributed by atoms with Gasteiger partial charge >= 0.3 is 0 Å². The van der Waals surface area contributed by atoms with Crippen LogP contribution in [-0.2, 0) is 4.74 Å². The smallest absolute Gasteiger partial charge is 0.273 e. The standard InChI is InChI=1S/C14H22N2O2S/c1-5-14(6-2)11(7-12(14)18-4)16(3)13(17)10-8-19-9-15-10/h8-9,11-12H,5-7H2,1-4H3/t11-,12-/m1/s1. The van der Waals surface area contributed by atoms with Crippen molar-refractivity contribution in [3.63, 3.8) is 0 Å². The van der Waals surface area contributed by atoms with Gasteiger partial charge in [-0.2, -0.15) is 0 Å². The van der Waals surface area contributed by atoms with Gasteiger partial charge in [-0.25, -0.2) is 4.98 Å². The van der Waals surface area contributed by atoms with Crippen LogP contribution in [0.4, 0.5) is 0 Å². The Hall–Kier alpha value is -0.940. The van der Waals surface area contributed by atoms with Crippen LogP contribution in [0.15, 0.2) is 10.9 Å². The third-order valence-electron chi connectivity index (χ3n) is 4.78. The number of thiazole rings is 1. The summed E-state index contributed by atoms with van der Waals surface area (Å²) in [6.45, 7) is 4.37. The van der Waals surface area contributed by atoms with Crippen LogP contribution >= 0.6 is 11.3 Å². The highest BCUT2D eigenvalue weighted by molar-refractivity contribution is 7.07. The molecular weight excluding hydrogens is 260 g/mol. The van der Waals surface area contributed by atoms with Crippen LogP contribution in [0.2, 0.25) is 0 Å². The molecule has 0 bridgehead atoms. The molecule has 2 rings (SSSR count). The molecule has 19 heavy (non-hydrogen) atoms. The van der Waals surface area contributed by atoms with Crippen LogP contribution in [0.25, 0.3) is 0 Å². The molecule has 0 aliphatic heterocycles. The quantitative estimate of drug-likeness (QED) is 0.834. The number of hydrogen-bond donors (Lipinski definition) is 0. The molecule has 1 aromatic rings. The maximum absolute atomic E-state index is 12.4. The van der Waals surface area contributed by atoms with E-state index in [1.54, 1.807) is 12.6 Å². The van der Waals surface area contributed by atoms with Crippen molar-refractivity contribution in [3.05, 3.63) is 16.6 Å². The Kier molecular flexibility index (Phi) is 4.26. The first kappa shape index (κ1) is 14.5. The van der Waals surface area contributed by atoms with Gasteiger partial charge in [0.25, 0.3) is 5.91 Å². The summed E-state index contributed by atoms with van der Waals surface area (Å²) in [4.78, 5) is 18.4. The van der Waals surface area contributed by atoms with Gasteiger partial charge < -0.3 is 9.64 Å². The Balaban J connectivity index is 2.16. The maximum atomic E-state index is 12.4. The molecule has 1 amide bonds. The maximum Gasteiger partial charge on any atom is 0.273 e. The average molecular weight is 282 g/mol. The molecular formula is C14H22N2O2S. The number of methoxy groups -OCH3 is 1. The molecule has 4 nitrogen and oxygen atoms in total. The highest BCUT2D eigenvalue weighted by atomic mass is 32.1. The normalized spacial score (nSPS) is 24.8. The molecule has 1 saturated carbocycles. The molecule has 5 heteroatoms.